The molecule has 1 aromatic rings. The van der Waals surface area contributed by atoms with Crippen molar-refractivity contribution in [3.8, 4) is 0 Å². The Morgan fingerprint density at radius 1 is 1.38 bits per heavy atom. The van der Waals surface area contributed by atoms with Gasteiger partial charge < -0.3 is 16.2 Å². The first kappa shape index (κ1) is 15.6. The zero-order chi connectivity index (χ0) is 15.8. The second kappa shape index (κ2) is 5.55. The normalized spacial score (nSPS) is 16.8. The summed E-state index contributed by atoms with van der Waals surface area (Å²) in [6.07, 6.45) is 2.57. The lowest BCUT2D eigenvalue weighted by molar-refractivity contribution is 0.144. The fraction of sp³-hybridized carbons (Fsp3) is 0.714. The van der Waals surface area contributed by atoms with Crippen molar-refractivity contribution in [3.05, 3.63) is 20.8 Å². The van der Waals surface area contributed by atoms with Crippen LogP contribution in [0.1, 0.15) is 33.1 Å². The molecule has 1 aromatic heterocycles. The van der Waals surface area contributed by atoms with Crippen LogP contribution in [0.4, 0.5) is 11.5 Å². The van der Waals surface area contributed by atoms with Crippen LogP contribution in [0.5, 0.6) is 0 Å². The van der Waals surface area contributed by atoms with Gasteiger partial charge in [0.2, 0.25) is 0 Å². The molecule has 0 bridgehead atoms. The Balaban J connectivity index is 2.52. The lowest BCUT2D eigenvalue weighted by atomic mass is 9.77. The van der Waals surface area contributed by atoms with Gasteiger partial charge in [-0.2, -0.15) is 0 Å². The highest BCUT2D eigenvalue weighted by atomic mass is 16.3. The van der Waals surface area contributed by atoms with Crippen molar-refractivity contribution in [2.24, 2.45) is 13.0 Å². The van der Waals surface area contributed by atoms with Gasteiger partial charge in [0.15, 0.2) is 0 Å². The van der Waals surface area contributed by atoms with Crippen LogP contribution < -0.4 is 22.3 Å². The van der Waals surface area contributed by atoms with E-state index in [1.165, 1.54) is 11.6 Å². The minimum Gasteiger partial charge on any atom is -0.394 e. The number of anilines is 2. The standard InChI is InChI=1S/C14H24N4O3/c1-9(2)7-18-11(15)10(12(20)17(3)13(18)21)16-14(8-19)5-4-6-14/h9,16,19H,4-8,15H2,1-3H3. The van der Waals surface area contributed by atoms with Crippen LogP contribution in [0, 0.1) is 5.92 Å². The number of rotatable bonds is 5. The van der Waals surface area contributed by atoms with Gasteiger partial charge in [-0.15, -0.1) is 0 Å². The number of aliphatic hydroxyl groups is 1. The fourth-order valence-corrected chi connectivity index (χ4v) is 2.63. The number of nitrogen functional groups attached to an aromatic ring is 1. The largest absolute Gasteiger partial charge is 0.394 e. The van der Waals surface area contributed by atoms with E-state index in [0.717, 1.165) is 23.8 Å². The van der Waals surface area contributed by atoms with Crippen molar-refractivity contribution >= 4 is 11.5 Å². The Labute approximate surface area is 123 Å². The Bertz CT molecular complexity index is 635. The van der Waals surface area contributed by atoms with Crippen molar-refractivity contribution in [1.82, 2.24) is 9.13 Å². The maximum atomic E-state index is 12.3. The second-order valence-electron chi connectivity index (χ2n) is 6.33. The summed E-state index contributed by atoms with van der Waals surface area (Å²) < 4.78 is 2.48. The van der Waals surface area contributed by atoms with Crippen LogP contribution in [-0.4, -0.2) is 26.4 Å². The molecule has 1 heterocycles. The molecule has 1 aliphatic rings. The molecule has 0 saturated heterocycles. The highest BCUT2D eigenvalue weighted by Gasteiger charge is 2.37. The summed E-state index contributed by atoms with van der Waals surface area (Å²) in [5.41, 5.74) is 4.92. The summed E-state index contributed by atoms with van der Waals surface area (Å²) in [5, 5.41) is 12.6. The van der Waals surface area contributed by atoms with Gasteiger partial charge in [-0.1, -0.05) is 13.8 Å². The maximum absolute atomic E-state index is 12.3. The highest BCUT2D eigenvalue weighted by Crippen LogP contribution is 2.35. The molecule has 0 aromatic carbocycles. The third-order valence-corrected chi connectivity index (χ3v) is 4.13. The molecule has 7 nitrogen and oxygen atoms in total. The van der Waals surface area contributed by atoms with Crippen molar-refractivity contribution in [1.29, 1.82) is 0 Å². The lowest BCUT2D eigenvalue weighted by Gasteiger charge is -2.41. The van der Waals surface area contributed by atoms with Crippen LogP contribution in [0.15, 0.2) is 9.59 Å². The number of hydrogen-bond acceptors (Lipinski definition) is 5. The molecule has 118 valence electrons. The van der Waals surface area contributed by atoms with Gasteiger partial charge in [-0.3, -0.25) is 13.9 Å². The Morgan fingerprint density at radius 3 is 2.43 bits per heavy atom. The molecular weight excluding hydrogens is 272 g/mol. The molecule has 0 radical (unpaired) electrons. The average Bonchev–Trinajstić information content (AvgIpc) is 2.40. The van der Waals surface area contributed by atoms with E-state index >= 15 is 0 Å². The molecule has 4 N–H and O–H groups in total. The van der Waals surface area contributed by atoms with E-state index in [2.05, 4.69) is 5.32 Å². The molecule has 7 heteroatoms. The summed E-state index contributed by atoms with van der Waals surface area (Å²) in [4.78, 5) is 24.5. The molecule has 0 aliphatic heterocycles. The van der Waals surface area contributed by atoms with Crippen molar-refractivity contribution in [2.75, 3.05) is 17.7 Å². The van der Waals surface area contributed by atoms with E-state index in [1.807, 2.05) is 13.8 Å². The molecule has 0 unspecified atom stereocenters. The van der Waals surface area contributed by atoms with Gasteiger partial charge in [0.25, 0.3) is 5.56 Å². The van der Waals surface area contributed by atoms with Gasteiger partial charge in [-0.05, 0) is 25.2 Å². The van der Waals surface area contributed by atoms with Crippen molar-refractivity contribution in [2.45, 2.75) is 45.2 Å². The summed E-state index contributed by atoms with van der Waals surface area (Å²) in [5.74, 6) is 0.377. The van der Waals surface area contributed by atoms with E-state index in [4.69, 9.17) is 5.73 Å². The summed E-state index contributed by atoms with van der Waals surface area (Å²) in [6, 6.07) is 0. The summed E-state index contributed by atoms with van der Waals surface area (Å²) in [7, 11) is 1.44. The predicted molar refractivity (Wildman–Crippen MR) is 82.5 cm³/mol. The van der Waals surface area contributed by atoms with Crippen LogP contribution in [-0.2, 0) is 13.6 Å². The van der Waals surface area contributed by atoms with E-state index in [9.17, 15) is 14.7 Å². The molecule has 0 atom stereocenters. The van der Waals surface area contributed by atoms with E-state index < -0.39 is 16.8 Å². The average molecular weight is 296 g/mol. The molecular formula is C14H24N4O3. The molecule has 0 spiro atoms. The van der Waals surface area contributed by atoms with Gasteiger partial charge in [-0.25, -0.2) is 4.79 Å². The smallest absolute Gasteiger partial charge is 0.332 e. The molecule has 0 amide bonds. The summed E-state index contributed by atoms with van der Waals surface area (Å²) in [6.45, 7) is 4.34. The quantitative estimate of drug-likeness (QED) is 0.716. The zero-order valence-corrected chi connectivity index (χ0v) is 12.8. The maximum Gasteiger partial charge on any atom is 0.332 e. The van der Waals surface area contributed by atoms with Crippen molar-refractivity contribution in [3.63, 3.8) is 0 Å². The van der Waals surface area contributed by atoms with E-state index in [1.54, 1.807) is 0 Å². The number of aromatic nitrogens is 2. The SMILES string of the molecule is CC(C)Cn1c(N)c(NC2(CO)CCC2)c(=O)n(C)c1=O. The third kappa shape index (κ3) is 2.70. The first-order chi connectivity index (χ1) is 9.81. The predicted octanol–water partition coefficient (Wildman–Crippen LogP) is 0.112. The summed E-state index contributed by atoms with van der Waals surface area (Å²) >= 11 is 0. The third-order valence-electron chi connectivity index (χ3n) is 4.13. The Hall–Kier alpha value is -1.76. The Morgan fingerprint density at radius 2 is 2.00 bits per heavy atom. The van der Waals surface area contributed by atoms with Crippen LogP contribution in [0.3, 0.4) is 0 Å². The van der Waals surface area contributed by atoms with Crippen molar-refractivity contribution < 1.29 is 5.11 Å². The van der Waals surface area contributed by atoms with Gasteiger partial charge in [0.1, 0.15) is 11.5 Å². The van der Waals surface area contributed by atoms with E-state index in [-0.39, 0.29) is 24.0 Å². The minimum atomic E-state index is -0.486. The first-order valence-corrected chi connectivity index (χ1v) is 7.29. The fourth-order valence-electron chi connectivity index (χ4n) is 2.63. The van der Waals surface area contributed by atoms with Gasteiger partial charge >= 0.3 is 5.69 Å². The zero-order valence-electron chi connectivity index (χ0n) is 12.8. The first-order valence-electron chi connectivity index (χ1n) is 7.29. The van der Waals surface area contributed by atoms with Crippen LogP contribution in [0.2, 0.25) is 0 Å². The lowest BCUT2D eigenvalue weighted by Crippen LogP contribution is -2.51. The van der Waals surface area contributed by atoms with Gasteiger partial charge in [0, 0.05) is 13.6 Å². The molecule has 1 aliphatic carbocycles. The monoisotopic (exact) mass is 296 g/mol. The topological polar surface area (TPSA) is 102 Å². The number of nitrogens with zero attached hydrogens (tertiary/aromatic N) is 2. The molecule has 2 rings (SSSR count). The van der Waals surface area contributed by atoms with Crippen LogP contribution >= 0.6 is 0 Å². The van der Waals surface area contributed by atoms with E-state index in [0.29, 0.717) is 6.54 Å². The number of aliphatic hydroxyl groups excluding tert-OH is 1. The minimum absolute atomic E-state index is 0.0566. The van der Waals surface area contributed by atoms with Gasteiger partial charge in [0.05, 0.1) is 12.1 Å². The Kier molecular flexibility index (Phi) is 4.13. The van der Waals surface area contributed by atoms with Crippen LogP contribution in [0.25, 0.3) is 0 Å². The second-order valence-corrected chi connectivity index (χ2v) is 6.33. The molecule has 21 heavy (non-hydrogen) atoms. The molecule has 1 fully saturated rings. The highest BCUT2D eigenvalue weighted by molar-refractivity contribution is 5.62. The molecule has 1 saturated carbocycles. The number of hydrogen-bond donors (Lipinski definition) is 3. The number of nitrogens with one attached hydrogen (secondary N) is 1. The number of nitrogens with two attached hydrogens (primary N) is 1.